The van der Waals surface area contributed by atoms with Gasteiger partial charge >= 0.3 is 0 Å². The number of halogens is 1. The first-order chi connectivity index (χ1) is 4.43. The number of hydrogen-bond acceptors (Lipinski definition) is 0. The molecular weight excluding hydrogens is 131 g/mol. The third-order valence-electron chi connectivity index (χ3n) is 1.04. The number of benzene rings is 1. The molecule has 0 aliphatic heterocycles. The second-order valence-electron chi connectivity index (χ2n) is 1.68. The molecule has 1 aromatic rings. The summed E-state index contributed by atoms with van der Waals surface area (Å²) in [5.41, 5.74) is 0. The van der Waals surface area contributed by atoms with Gasteiger partial charge in [-0.1, -0.05) is 35.5 Å². The van der Waals surface area contributed by atoms with Crippen molar-refractivity contribution in [1.82, 2.24) is 0 Å². The summed E-state index contributed by atoms with van der Waals surface area (Å²) in [6, 6.07) is 9.68. The number of alkyl halides is 1. The highest BCUT2D eigenvalue weighted by Gasteiger charge is 1.88. The van der Waals surface area contributed by atoms with E-state index in [0.29, 0.717) is 9.52 Å². The first kappa shape index (κ1) is 6.49. The Kier molecular flexibility index (Phi) is 2.45. The molecule has 0 atom stereocenters. The van der Waals surface area contributed by atoms with Gasteiger partial charge in [0.05, 0.1) is 6.30 Å². The van der Waals surface area contributed by atoms with E-state index in [1.165, 1.54) is 0 Å². The molecule has 2 heteroatoms. The molecule has 0 spiro atoms. The fraction of sp³-hybridized carbons (Fsp3) is 0.143. The van der Waals surface area contributed by atoms with E-state index in [4.69, 9.17) is 0 Å². The Labute approximate surface area is 56.5 Å². The van der Waals surface area contributed by atoms with Gasteiger partial charge in [-0.3, -0.25) is 4.39 Å². The molecule has 0 bridgehead atoms. The molecule has 0 saturated carbocycles. The van der Waals surface area contributed by atoms with Gasteiger partial charge in [0.15, 0.2) is 0 Å². The lowest BCUT2D eigenvalue weighted by Gasteiger charge is -1.90. The Hall–Kier alpha value is -0.633. The molecule has 0 unspecified atom stereocenters. The van der Waals surface area contributed by atoms with Crippen molar-refractivity contribution in [3.05, 3.63) is 30.3 Å². The largest absolute Gasteiger partial charge is 0.255 e. The van der Waals surface area contributed by atoms with E-state index in [1.807, 2.05) is 30.3 Å². The maximum atomic E-state index is 11.7. The van der Waals surface area contributed by atoms with Gasteiger partial charge in [-0.2, -0.15) is 0 Å². The normalized spacial score (nSPS) is 9.44. The van der Waals surface area contributed by atoms with Gasteiger partial charge in [0, 0.05) is 0 Å². The van der Waals surface area contributed by atoms with Crippen molar-refractivity contribution in [2.45, 2.75) is 0 Å². The summed E-state index contributed by atoms with van der Waals surface area (Å²) in [6.45, 7) is 0. The van der Waals surface area contributed by atoms with Gasteiger partial charge in [0.25, 0.3) is 0 Å². The molecule has 0 aliphatic carbocycles. The van der Waals surface area contributed by atoms with E-state index in [9.17, 15) is 4.39 Å². The van der Waals surface area contributed by atoms with Gasteiger partial charge in [0.2, 0.25) is 0 Å². The summed E-state index contributed by atoms with van der Waals surface area (Å²) in [6.07, 6.45) is -0.232. The van der Waals surface area contributed by atoms with Crippen LogP contribution < -0.4 is 5.19 Å². The van der Waals surface area contributed by atoms with Crippen LogP contribution in [-0.2, 0) is 0 Å². The zero-order valence-electron chi connectivity index (χ0n) is 4.97. The minimum Gasteiger partial charge on any atom is -0.255 e. The van der Waals surface area contributed by atoms with Gasteiger partial charge in [0.1, 0.15) is 9.52 Å². The SMILES string of the molecule is FC[Si]c1ccccc1. The maximum absolute atomic E-state index is 11.7. The number of hydrogen-bond donors (Lipinski definition) is 0. The summed E-state index contributed by atoms with van der Waals surface area (Å²) in [4.78, 5) is 0. The maximum Gasteiger partial charge on any atom is 0.122 e. The lowest BCUT2D eigenvalue weighted by molar-refractivity contribution is 0.595. The Morgan fingerprint density at radius 3 is 2.44 bits per heavy atom. The van der Waals surface area contributed by atoms with Gasteiger partial charge < -0.3 is 0 Å². The minimum absolute atomic E-state index is 0.232. The van der Waals surface area contributed by atoms with E-state index in [1.54, 1.807) is 0 Å². The molecule has 0 heterocycles. The smallest absolute Gasteiger partial charge is 0.122 e. The highest BCUT2D eigenvalue weighted by molar-refractivity contribution is 6.53. The van der Waals surface area contributed by atoms with Crippen LogP contribution in [0.2, 0.25) is 0 Å². The fourth-order valence-electron chi connectivity index (χ4n) is 0.633. The first-order valence-corrected chi connectivity index (χ1v) is 3.99. The Morgan fingerprint density at radius 2 is 1.89 bits per heavy atom. The lowest BCUT2D eigenvalue weighted by atomic mass is 10.4. The molecule has 1 aromatic carbocycles. The van der Waals surface area contributed by atoms with Crippen LogP contribution in [0.4, 0.5) is 4.39 Å². The average molecular weight is 138 g/mol. The van der Waals surface area contributed by atoms with Crippen molar-refractivity contribution in [3.63, 3.8) is 0 Å². The molecule has 0 aromatic heterocycles. The zero-order valence-corrected chi connectivity index (χ0v) is 5.97. The van der Waals surface area contributed by atoms with Gasteiger partial charge in [-0.25, -0.2) is 0 Å². The van der Waals surface area contributed by atoms with E-state index in [0.717, 1.165) is 5.19 Å². The van der Waals surface area contributed by atoms with Crippen molar-refractivity contribution < 1.29 is 4.39 Å². The van der Waals surface area contributed by atoms with Crippen LogP contribution in [0.3, 0.4) is 0 Å². The summed E-state index contributed by atoms with van der Waals surface area (Å²) in [5.74, 6) is 0. The molecule has 1 rings (SSSR count). The summed E-state index contributed by atoms with van der Waals surface area (Å²) in [7, 11) is 0.320. The number of rotatable bonds is 2. The standard InChI is InChI=1S/C7H7FSi/c8-6-9-7-4-2-1-3-5-7/h1-5H,6H2. The van der Waals surface area contributed by atoms with Crippen LogP contribution in [0.5, 0.6) is 0 Å². The molecule has 46 valence electrons. The average Bonchev–Trinajstić information content (AvgIpc) is 1.91. The van der Waals surface area contributed by atoms with Crippen molar-refractivity contribution in [1.29, 1.82) is 0 Å². The second-order valence-corrected chi connectivity index (χ2v) is 2.87. The molecular formula is C7H7FSi. The highest BCUT2D eigenvalue weighted by Crippen LogP contribution is 1.80. The Bertz CT molecular complexity index is 162. The topological polar surface area (TPSA) is 0 Å². The van der Waals surface area contributed by atoms with Crippen LogP contribution in [0.1, 0.15) is 0 Å². The van der Waals surface area contributed by atoms with Gasteiger partial charge in [-0.15, -0.1) is 0 Å². The molecule has 0 fully saturated rings. The molecule has 0 amide bonds. The molecule has 2 radical (unpaired) electrons. The lowest BCUT2D eigenvalue weighted by Crippen LogP contribution is -2.14. The van der Waals surface area contributed by atoms with Crippen LogP contribution in [0.25, 0.3) is 0 Å². The minimum atomic E-state index is -0.232. The molecule has 0 nitrogen and oxygen atoms in total. The van der Waals surface area contributed by atoms with Crippen LogP contribution >= 0.6 is 0 Å². The summed E-state index contributed by atoms with van der Waals surface area (Å²) in [5, 5.41) is 1.10. The first-order valence-electron chi connectivity index (χ1n) is 2.78. The summed E-state index contributed by atoms with van der Waals surface area (Å²) >= 11 is 0. The van der Waals surface area contributed by atoms with Gasteiger partial charge in [-0.05, 0) is 0 Å². The monoisotopic (exact) mass is 138 g/mol. The van der Waals surface area contributed by atoms with Crippen LogP contribution in [0, 0.1) is 0 Å². The van der Waals surface area contributed by atoms with E-state index in [2.05, 4.69) is 0 Å². The highest BCUT2D eigenvalue weighted by atomic mass is 28.2. The fourth-order valence-corrected chi connectivity index (χ4v) is 1.22. The molecule has 9 heavy (non-hydrogen) atoms. The molecule has 0 saturated heterocycles. The predicted octanol–water partition coefficient (Wildman–Crippen LogP) is 0.943. The predicted molar refractivity (Wildman–Crippen MR) is 37.8 cm³/mol. The Morgan fingerprint density at radius 1 is 1.22 bits per heavy atom. The molecule has 0 N–H and O–H groups in total. The molecule has 0 aliphatic rings. The second kappa shape index (κ2) is 3.40. The third-order valence-corrected chi connectivity index (χ3v) is 1.92. The van der Waals surface area contributed by atoms with Crippen molar-refractivity contribution in [3.8, 4) is 0 Å². The summed E-state index contributed by atoms with van der Waals surface area (Å²) < 4.78 is 11.7. The third kappa shape index (κ3) is 1.97. The van der Waals surface area contributed by atoms with E-state index in [-0.39, 0.29) is 6.30 Å². The Balaban J connectivity index is 2.61. The van der Waals surface area contributed by atoms with Crippen molar-refractivity contribution >= 4 is 14.7 Å². The zero-order chi connectivity index (χ0) is 6.53. The van der Waals surface area contributed by atoms with Crippen molar-refractivity contribution in [2.24, 2.45) is 0 Å². The van der Waals surface area contributed by atoms with E-state index < -0.39 is 0 Å². The van der Waals surface area contributed by atoms with E-state index >= 15 is 0 Å². The van der Waals surface area contributed by atoms with Crippen LogP contribution in [0.15, 0.2) is 30.3 Å². The van der Waals surface area contributed by atoms with Crippen LogP contribution in [-0.4, -0.2) is 15.8 Å². The van der Waals surface area contributed by atoms with Crippen molar-refractivity contribution in [2.75, 3.05) is 6.30 Å². The quantitative estimate of drug-likeness (QED) is 0.534.